The molecular weight excluding hydrogens is 351 g/mol. The topological polar surface area (TPSA) is 64.3 Å². The van der Waals surface area contributed by atoms with E-state index in [4.69, 9.17) is 10.5 Å². The number of nitrogen functional groups attached to an aromatic ring is 1. The number of alkyl carbamates (subject to hydrolysis) is 1. The van der Waals surface area contributed by atoms with E-state index in [1.165, 1.54) is 0 Å². The number of carbonyl (C=O) groups excluding carboxylic acids is 1. The van der Waals surface area contributed by atoms with E-state index < -0.39 is 12.8 Å². The Hall–Kier alpha value is -1.95. The number of rotatable bonds is 11. The van der Waals surface area contributed by atoms with Crippen molar-refractivity contribution >= 4 is 23.5 Å². The van der Waals surface area contributed by atoms with Crippen molar-refractivity contribution in [2.75, 3.05) is 19.0 Å². The lowest BCUT2D eigenvalue weighted by molar-refractivity contribution is 0.139. The molecule has 26 heavy (non-hydrogen) atoms. The summed E-state index contributed by atoms with van der Waals surface area (Å²) in [5.41, 5.74) is 8.18. The average Bonchev–Trinajstić information content (AvgIpc) is 2.58. The molecule has 3 N–H and O–H groups in total. The minimum Gasteiger partial charge on any atom is -0.445 e. The van der Waals surface area contributed by atoms with Crippen molar-refractivity contribution in [1.82, 2.24) is 5.32 Å². The Balaban J connectivity index is 2.33. The molecule has 0 aliphatic carbocycles. The number of amides is 1. The van der Waals surface area contributed by atoms with Crippen LogP contribution in [0.25, 0.3) is 0 Å². The van der Waals surface area contributed by atoms with Crippen molar-refractivity contribution in [1.29, 1.82) is 0 Å². The molecule has 0 aliphatic heterocycles. The number of nitrogens with two attached hydrogens (primary N) is 1. The first-order valence-electron chi connectivity index (χ1n) is 8.60. The summed E-state index contributed by atoms with van der Waals surface area (Å²) in [5.74, 6) is 0. The number of nitrogens with one attached hydrogen (secondary N) is 1. The lowest BCUT2D eigenvalue weighted by Crippen LogP contribution is -2.28. The fraction of sp³-hybridized carbons (Fsp3) is 0.450. The number of carbonyl (C=O) groups is 1. The Morgan fingerprint density at radius 3 is 2.58 bits per heavy atom. The molecule has 4 nitrogen and oxygen atoms in total. The predicted molar refractivity (Wildman–Crippen MR) is 109 cm³/mol. The van der Waals surface area contributed by atoms with Crippen LogP contribution in [-0.2, 0) is 11.3 Å². The van der Waals surface area contributed by atoms with Crippen molar-refractivity contribution in [2.24, 2.45) is 0 Å². The van der Waals surface area contributed by atoms with E-state index in [9.17, 15) is 9.18 Å². The van der Waals surface area contributed by atoms with E-state index in [1.807, 2.05) is 19.1 Å². The van der Waals surface area contributed by atoms with Gasteiger partial charge in [-0.2, -0.15) is 0 Å². The maximum Gasteiger partial charge on any atom is 0.407 e. The molecule has 1 amide bonds. The monoisotopic (exact) mass is 380 g/mol. The third-order valence-corrected chi connectivity index (χ3v) is 5.59. The molecule has 1 unspecified atom stereocenters. The van der Waals surface area contributed by atoms with Crippen molar-refractivity contribution in [3.8, 4) is 0 Å². The maximum absolute atomic E-state index is 12.5. The van der Waals surface area contributed by atoms with Crippen LogP contribution in [0.2, 0.25) is 0 Å². The number of alkyl halides is 1. The standard InChI is InChI=1S/C20H29FN2O2S/c1-15(2)20(4,26-16(3)10-12-21)11-5-13-23-19(24)25-14-17-6-8-18(22)9-7-17/h6-9H,1,3,5,10-14,22H2,2,4H3,(H,23,24). The normalized spacial score (nSPS) is 12.9. The zero-order valence-corrected chi connectivity index (χ0v) is 16.5. The van der Waals surface area contributed by atoms with Crippen LogP contribution in [0.3, 0.4) is 0 Å². The molecule has 0 aliphatic rings. The highest BCUT2D eigenvalue weighted by Gasteiger charge is 2.26. The molecule has 1 rings (SSSR count). The molecule has 1 atom stereocenters. The molecule has 0 aromatic heterocycles. The second kappa shape index (κ2) is 10.9. The predicted octanol–water partition coefficient (Wildman–Crippen LogP) is 5.22. The number of benzene rings is 1. The van der Waals surface area contributed by atoms with E-state index in [2.05, 4.69) is 25.4 Å². The molecule has 0 fully saturated rings. The summed E-state index contributed by atoms with van der Waals surface area (Å²) in [4.78, 5) is 12.6. The van der Waals surface area contributed by atoms with E-state index in [-0.39, 0.29) is 11.4 Å². The van der Waals surface area contributed by atoms with Gasteiger partial charge < -0.3 is 15.8 Å². The lowest BCUT2D eigenvalue weighted by atomic mass is 9.97. The molecule has 144 valence electrons. The van der Waals surface area contributed by atoms with Crippen molar-refractivity contribution in [3.63, 3.8) is 0 Å². The van der Waals surface area contributed by atoms with Crippen LogP contribution in [0.5, 0.6) is 0 Å². The largest absolute Gasteiger partial charge is 0.445 e. The number of hydrogen-bond donors (Lipinski definition) is 2. The summed E-state index contributed by atoms with van der Waals surface area (Å²) in [6.07, 6.45) is 1.46. The third-order valence-electron chi connectivity index (χ3n) is 4.10. The van der Waals surface area contributed by atoms with Gasteiger partial charge in [0.15, 0.2) is 0 Å². The zero-order chi connectivity index (χ0) is 19.6. The molecule has 6 heteroatoms. The highest BCUT2D eigenvalue weighted by atomic mass is 32.2. The Morgan fingerprint density at radius 2 is 2.00 bits per heavy atom. The Morgan fingerprint density at radius 1 is 1.35 bits per heavy atom. The Bertz CT molecular complexity index is 619. The van der Waals surface area contributed by atoms with Gasteiger partial charge in [0.05, 0.1) is 6.67 Å². The van der Waals surface area contributed by atoms with Gasteiger partial charge in [-0.15, -0.1) is 11.8 Å². The lowest BCUT2D eigenvalue weighted by Gasteiger charge is -2.30. The minimum atomic E-state index is -0.451. The van der Waals surface area contributed by atoms with E-state index >= 15 is 0 Å². The van der Waals surface area contributed by atoms with Crippen molar-refractivity contribution < 1.29 is 13.9 Å². The van der Waals surface area contributed by atoms with Crippen LogP contribution < -0.4 is 11.1 Å². The van der Waals surface area contributed by atoms with Gasteiger partial charge in [-0.05, 0) is 49.3 Å². The van der Waals surface area contributed by atoms with Crippen molar-refractivity contribution in [2.45, 2.75) is 44.5 Å². The van der Waals surface area contributed by atoms with Gasteiger partial charge in [-0.1, -0.05) is 30.9 Å². The fourth-order valence-corrected chi connectivity index (χ4v) is 3.49. The maximum atomic E-state index is 12.5. The smallest absolute Gasteiger partial charge is 0.407 e. The highest BCUT2D eigenvalue weighted by molar-refractivity contribution is 8.04. The molecule has 0 spiro atoms. The van der Waals surface area contributed by atoms with Crippen molar-refractivity contribution in [3.05, 3.63) is 53.5 Å². The van der Waals surface area contributed by atoms with Gasteiger partial charge in [0, 0.05) is 23.4 Å². The molecule has 0 bridgehead atoms. The third kappa shape index (κ3) is 7.95. The molecule has 1 aromatic carbocycles. The molecule has 0 saturated carbocycles. The molecule has 0 heterocycles. The summed E-state index contributed by atoms with van der Waals surface area (Å²) >= 11 is 1.56. The second-order valence-corrected chi connectivity index (χ2v) is 8.12. The van der Waals surface area contributed by atoms with Gasteiger partial charge in [-0.3, -0.25) is 4.39 Å². The first-order chi connectivity index (χ1) is 12.3. The van der Waals surface area contributed by atoms with Gasteiger partial charge in [-0.25, -0.2) is 4.79 Å². The summed E-state index contributed by atoms with van der Waals surface area (Å²) in [6, 6.07) is 7.18. The van der Waals surface area contributed by atoms with Crippen LogP contribution in [0, 0.1) is 0 Å². The van der Waals surface area contributed by atoms with Gasteiger partial charge in [0.1, 0.15) is 6.61 Å². The van der Waals surface area contributed by atoms with E-state index in [0.717, 1.165) is 28.9 Å². The van der Waals surface area contributed by atoms with Gasteiger partial charge in [0.25, 0.3) is 0 Å². The summed E-state index contributed by atoms with van der Waals surface area (Å²) in [6.45, 7) is 12.3. The number of allylic oxidation sites excluding steroid dienone is 1. The quantitative estimate of drug-likeness (QED) is 0.314. The molecule has 1 aromatic rings. The average molecular weight is 381 g/mol. The summed E-state index contributed by atoms with van der Waals surface area (Å²) in [5, 5.41) is 2.75. The molecule has 0 radical (unpaired) electrons. The minimum absolute atomic E-state index is 0.203. The van der Waals surface area contributed by atoms with Crippen LogP contribution in [0.15, 0.2) is 47.9 Å². The second-order valence-electron chi connectivity index (χ2n) is 6.44. The van der Waals surface area contributed by atoms with E-state index in [1.54, 1.807) is 23.9 Å². The first kappa shape index (κ1) is 22.1. The molecular formula is C20H29FN2O2S. The van der Waals surface area contributed by atoms with Crippen LogP contribution in [-0.4, -0.2) is 24.1 Å². The molecule has 0 saturated heterocycles. The van der Waals surface area contributed by atoms with Crippen LogP contribution >= 0.6 is 11.8 Å². The van der Waals surface area contributed by atoms with Crippen LogP contribution in [0.4, 0.5) is 14.9 Å². The fourth-order valence-electron chi connectivity index (χ4n) is 2.26. The highest BCUT2D eigenvalue weighted by Crippen LogP contribution is 2.41. The summed E-state index contributed by atoms with van der Waals surface area (Å²) in [7, 11) is 0. The van der Waals surface area contributed by atoms with Gasteiger partial charge in [0.2, 0.25) is 0 Å². The number of hydrogen-bond acceptors (Lipinski definition) is 4. The van der Waals surface area contributed by atoms with Crippen LogP contribution in [0.1, 0.15) is 38.7 Å². The number of anilines is 1. The van der Waals surface area contributed by atoms with Gasteiger partial charge >= 0.3 is 6.09 Å². The Labute approximate surface area is 160 Å². The summed E-state index contributed by atoms with van der Waals surface area (Å²) < 4.78 is 17.4. The number of halogens is 1. The number of ether oxygens (including phenoxy) is 1. The first-order valence-corrected chi connectivity index (χ1v) is 9.42. The van der Waals surface area contributed by atoms with E-state index in [0.29, 0.717) is 18.7 Å². The number of thioether (sulfide) groups is 1. The SMILES string of the molecule is C=C(CCF)SC(C)(CCCNC(=O)OCc1ccc(N)cc1)C(=C)C. The Kier molecular flexibility index (Phi) is 9.27. The zero-order valence-electron chi connectivity index (χ0n) is 15.6.